The first kappa shape index (κ1) is 29.7. The number of aliphatic hydroxyl groups is 2. The lowest BCUT2D eigenvalue weighted by atomic mass is 9.93. The minimum Gasteiger partial charge on any atom is -0.383 e. The quantitative estimate of drug-likeness (QED) is 0.111. The number of aliphatic imine (C=N–C) groups is 3. The number of rotatable bonds is 10. The Kier molecular flexibility index (Phi) is 8.37. The van der Waals surface area contributed by atoms with Crippen LogP contribution in [0.15, 0.2) is 45.3 Å². The number of ketones is 1. The van der Waals surface area contributed by atoms with Crippen molar-refractivity contribution in [2.45, 2.75) is 76.1 Å². The third-order valence-corrected chi connectivity index (χ3v) is 7.21. The molecule has 14 nitrogen and oxygen atoms in total. The predicted molar refractivity (Wildman–Crippen MR) is 144 cm³/mol. The van der Waals surface area contributed by atoms with Gasteiger partial charge in [0, 0.05) is 11.6 Å². The molecule has 0 amide bonds. The van der Waals surface area contributed by atoms with Crippen LogP contribution in [-0.4, -0.2) is 103 Å². The summed E-state index contributed by atoms with van der Waals surface area (Å²) >= 11 is 0. The maximum Gasteiger partial charge on any atom is 0.268 e. The Morgan fingerprint density at radius 2 is 2.03 bits per heavy atom. The smallest absolute Gasteiger partial charge is 0.268 e. The number of nitrogens with zero attached hydrogens (tertiary/aromatic N) is 5. The Labute approximate surface area is 227 Å². The first-order valence-electron chi connectivity index (χ1n) is 12.5. The lowest BCUT2D eigenvalue weighted by Crippen LogP contribution is -2.60. The fourth-order valence-corrected chi connectivity index (χ4v) is 5.47. The second-order valence-electron chi connectivity index (χ2n) is 10.5. The van der Waals surface area contributed by atoms with E-state index in [1.807, 2.05) is 13.8 Å². The highest BCUT2D eigenvalue weighted by atomic mass is 31.2. The molecule has 6 atom stereocenters. The van der Waals surface area contributed by atoms with Crippen LogP contribution < -0.4 is 11.2 Å². The van der Waals surface area contributed by atoms with Crippen molar-refractivity contribution in [2.75, 3.05) is 13.3 Å². The van der Waals surface area contributed by atoms with E-state index in [-0.39, 0.29) is 30.9 Å². The molecule has 1 aromatic rings. The van der Waals surface area contributed by atoms with Gasteiger partial charge in [0.1, 0.15) is 24.8 Å². The maximum atomic E-state index is 13.3. The number of ether oxygens (including phenoxy) is 2. The third-order valence-electron chi connectivity index (χ3n) is 6.87. The molecule has 1 aromatic carbocycles. The highest BCUT2D eigenvalue weighted by Crippen LogP contribution is 2.38. The van der Waals surface area contributed by atoms with Crippen LogP contribution in [0.2, 0.25) is 0 Å². The van der Waals surface area contributed by atoms with E-state index in [0.717, 1.165) is 0 Å². The molecule has 214 valence electrons. The number of fused-ring (bicyclic) bond motifs is 1. The van der Waals surface area contributed by atoms with Crippen molar-refractivity contribution in [1.29, 1.82) is 0 Å². The Morgan fingerprint density at radius 1 is 1.36 bits per heavy atom. The molecular weight excluding hydrogens is 529 g/mol. The van der Waals surface area contributed by atoms with Crippen LogP contribution in [0.5, 0.6) is 0 Å². The number of hydrogen-bond acceptors (Lipinski definition) is 14. The molecule has 0 spiro atoms. The number of Topliss-reactive ketones (excluding diaryl/α,β-unsaturated/α-hetero) is 1. The second-order valence-corrected chi connectivity index (χ2v) is 11.3. The van der Waals surface area contributed by atoms with E-state index >= 15 is 0 Å². The number of carbonyl (C=O) groups is 1. The van der Waals surface area contributed by atoms with Gasteiger partial charge < -0.3 is 29.5 Å². The molecule has 0 bridgehead atoms. The molecular formula is C24H36N7O7P. The molecule has 3 heterocycles. The van der Waals surface area contributed by atoms with Gasteiger partial charge in [-0.3, -0.25) is 21.0 Å². The van der Waals surface area contributed by atoms with E-state index in [0.29, 0.717) is 5.56 Å². The summed E-state index contributed by atoms with van der Waals surface area (Å²) in [5.74, 6) is -2.38. The molecule has 15 heteroatoms. The van der Waals surface area contributed by atoms with Gasteiger partial charge in [-0.05, 0) is 34.6 Å². The van der Waals surface area contributed by atoms with Crippen molar-refractivity contribution >= 4 is 32.2 Å². The van der Waals surface area contributed by atoms with E-state index in [1.165, 1.54) is 16.3 Å². The van der Waals surface area contributed by atoms with Gasteiger partial charge in [-0.1, -0.05) is 30.3 Å². The van der Waals surface area contributed by atoms with Crippen LogP contribution in [0.1, 0.15) is 45.0 Å². The van der Waals surface area contributed by atoms with Crippen LogP contribution in [0.25, 0.3) is 0 Å². The second kappa shape index (κ2) is 11.0. The van der Waals surface area contributed by atoms with E-state index in [4.69, 9.17) is 25.3 Å². The lowest BCUT2D eigenvalue weighted by molar-refractivity contribution is -0.282. The molecule has 3 aliphatic heterocycles. The van der Waals surface area contributed by atoms with Crippen LogP contribution in [0.4, 0.5) is 0 Å². The summed E-state index contributed by atoms with van der Waals surface area (Å²) in [6.45, 7) is 8.66. The molecule has 0 saturated carbocycles. The fraction of sp³-hybridized carbons (Fsp3) is 0.583. The number of hydrogen-bond donors (Lipinski definition) is 5. The summed E-state index contributed by atoms with van der Waals surface area (Å²) in [5.41, 5.74) is 9.76. The van der Waals surface area contributed by atoms with Gasteiger partial charge in [0.2, 0.25) is 17.2 Å². The predicted octanol–water partition coefficient (Wildman–Crippen LogP) is 0.0882. The zero-order valence-electron chi connectivity index (χ0n) is 22.5. The summed E-state index contributed by atoms with van der Waals surface area (Å²) in [4.78, 5) is 37.2. The molecule has 1 saturated heterocycles. The number of aliphatic hydroxyl groups excluding tert-OH is 1. The Balaban J connectivity index is 1.51. The monoisotopic (exact) mass is 565 g/mol. The van der Waals surface area contributed by atoms with Crippen LogP contribution >= 0.6 is 8.53 Å². The first-order chi connectivity index (χ1) is 18.2. The standard InChI is InChI=1S/C24H36N7O7P/c1-14(2)31(38-39(26)35)22(4,5)11-36-24(34)15(3)37-21(19(24)33)30-13-28-17-20(30)27-12-29-23(17,25)18(32)16-9-7-6-8-10-16/h6-10,12,14-15,19,21,33-35H,11,13,25-26H2,1-5H3/t15-,19+,21-,23?,24+,39?/m1/s1. The molecule has 4 rings (SSSR count). The summed E-state index contributed by atoms with van der Waals surface area (Å²) in [5, 5.41) is 24.2. The van der Waals surface area contributed by atoms with Gasteiger partial charge >= 0.3 is 0 Å². The average molecular weight is 566 g/mol. The van der Waals surface area contributed by atoms with E-state index < -0.39 is 49.7 Å². The van der Waals surface area contributed by atoms with Gasteiger partial charge in [-0.15, -0.1) is 0 Å². The molecule has 3 aliphatic rings. The largest absolute Gasteiger partial charge is 0.383 e. The van der Waals surface area contributed by atoms with Crippen molar-refractivity contribution in [3.63, 3.8) is 0 Å². The Bertz CT molecular complexity index is 1160. The Hall–Kier alpha value is -2.23. The van der Waals surface area contributed by atoms with Crippen molar-refractivity contribution in [3.05, 3.63) is 35.9 Å². The van der Waals surface area contributed by atoms with Crippen molar-refractivity contribution in [3.8, 4) is 0 Å². The lowest BCUT2D eigenvalue weighted by Gasteiger charge is -2.42. The minimum atomic E-state index is -2.18. The van der Waals surface area contributed by atoms with Gasteiger partial charge in [-0.2, -0.15) is 5.06 Å². The van der Waals surface area contributed by atoms with Gasteiger partial charge in [0.15, 0.2) is 18.2 Å². The van der Waals surface area contributed by atoms with Gasteiger partial charge in [-0.25, -0.2) is 14.6 Å². The van der Waals surface area contributed by atoms with Gasteiger partial charge in [0.25, 0.3) is 8.53 Å². The molecule has 2 unspecified atom stereocenters. The number of hydroxylamine groups is 2. The zero-order chi connectivity index (χ0) is 28.8. The molecule has 39 heavy (non-hydrogen) atoms. The molecule has 7 N–H and O–H groups in total. The zero-order valence-corrected chi connectivity index (χ0v) is 23.4. The molecule has 0 aromatic heterocycles. The summed E-state index contributed by atoms with van der Waals surface area (Å²) in [6, 6.07) is 8.31. The van der Waals surface area contributed by atoms with Crippen LogP contribution in [-0.2, 0) is 14.1 Å². The minimum absolute atomic E-state index is 0.0416. The van der Waals surface area contributed by atoms with E-state index in [9.17, 15) is 19.9 Å². The normalized spacial score (nSPS) is 31.5. The van der Waals surface area contributed by atoms with Crippen molar-refractivity contribution < 1.29 is 34.0 Å². The summed E-state index contributed by atoms with van der Waals surface area (Å²) in [6.07, 6.45) is -2.48. The number of benzene rings is 1. The van der Waals surface area contributed by atoms with Gasteiger partial charge in [0.05, 0.1) is 12.1 Å². The molecule has 0 aliphatic carbocycles. The average Bonchev–Trinajstić information content (AvgIpc) is 3.42. The SMILES string of the molecule is CC(C)N(OP(N)O)C(C)(C)CO[C@@]1(O)[C@@H](C)O[C@@H](N2CN=C3C2=NC=NC3(N)C(=O)c2ccccc2)[C@@H]1O. The number of carbonyl (C=O) groups excluding carboxylic acids is 1. The molecule has 1 fully saturated rings. The summed E-state index contributed by atoms with van der Waals surface area (Å²) < 4.78 is 17.2. The highest BCUT2D eigenvalue weighted by molar-refractivity contribution is 7.43. The first-order valence-corrected chi connectivity index (χ1v) is 13.7. The maximum absolute atomic E-state index is 13.3. The van der Waals surface area contributed by atoms with Crippen LogP contribution in [0, 0.1) is 0 Å². The van der Waals surface area contributed by atoms with Crippen molar-refractivity contribution in [2.24, 2.45) is 26.2 Å². The molecule has 0 radical (unpaired) electrons. The van der Waals surface area contributed by atoms with E-state index in [2.05, 4.69) is 15.0 Å². The fourth-order valence-electron chi connectivity index (χ4n) is 4.88. The van der Waals surface area contributed by atoms with E-state index in [1.54, 1.807) is 51.1 Å². The number of amidine groups is 1. The van der Waals surface area contributed by atoms with Crippen LogP contribution in [0.3, 0.4) is 0 Å². The number of nitrogens with two attached hydrogens (primary N) is 2. The third kappa shape index (κ3) is 5.42. The Morgan fingerprint density at radius 3 is 2.64 bits per heavy atom. The topological polar surface area (TPSA) is 201 Å². The highest BCUT2D eigenvalue weighted by Gasteiger charge is 2.59. The summed E-state index contributed by atoms with van der Waals surface area (Å²) in [7, 11) is -2.18. The van der Waals surface area contributed by atoms with Crippen molar-refractivity contribution in [1.82, 2.24) is 9.96 Å².